The summed E-state index contributed by atoms with van der Waals surface area (Å²) < 4.78 is 0. The van der Waals surface area contributed by atoms with Crippen molar-refractivity contribution in [2.75, 3.05) is 39.0 Å². The van der Waals surface area contributed by atoms with Crippen LogP contribution in [0.25, 0.3) is 0 Å². The molecule has 3 nitrogen and oxygen atoms in total. The molecule has 1 aromatic carbocycles. The number of thioether (sulfide) groups is 1. The van der Waals surface area contributed by atoms with E-state index in [0.717, 1.165) is 49.8 Å². The molecule has 5 heteroatoms. The fourth-order valence-electron chi connectivity index (χ4n) is 2.40. The maximum absolute atomic E-state index is 12.2. The Morgan fingerprint density at radius 3 is 2.71 bits per heavy atom. The van der Waals surface area contributed by atoms with Gasteiger partial charge in [0.25, 0.3) is 0 Å². The predicted octanol–water partition coefficient (Wildman–Crippen LogP) is 3.38. The van der Waals surface area contributed by atoms with Gasteiger partial charge in [0.2, 0.25) is 5.91 Å². The molecule has 1 fully saturated rings. The van der Waals surface area contributed by atoms with Crippen LogP contribution in [0.1, 0.15) is 19.3 Å². The predicted molar refractivity (Wildman–Crippen MR) is 90.1 cm³/mol. The molecule has 0 spiro atoms. The number of carbonyl (C=O) groups is 1. The number of halogens is 1. The van der Waals surface area contributed by atoms with E-state index in [-0.39, 0.29) is 0 Å². The molecule has 0 aromatic heterocycles. The molecule has 0 aliphatic carbocycles. The van der Waals surface area contributed by atoms with Crippen LogP contribution in [-0.2, 0) is 4.79 Å². The van der Waals surface area contributed by atoms with E-state index in [9.17, 15) is 4.79 Å². The first-order chi connectivity index (χ1) is 10.1. The Morgan fingerprint density at radius 2 is 1.95 bits per heavy atom. The van der Waals surface area contributed by atoms with Crippen LogP contribution in [0, 0.1) is 0 Å². The number of benzene rings is 1. The zero-order valence-corrected chi connectivity index (χ0v) is 14.1. The van der Waals surface area contributed by atoms with Crippen LogP contribution in [0.2, 0.25) is 5.02 Å². The van der Waals surface area contributed by atoms with Gasteiger partial charge in [0, 0.05) is 36.0 Å². The van der Waals surface area contributed by atoms with Crippen molar-refractivity contribution < 1.29 is 4.79 Å². The van der Waals surface area contributed by atoms with E-state index in [1.54, 1.807) is 11.8 Å². The maximum Gasteiger partial charge on any atom is 0.222 e. The van der Waals surface area contributed by atoms with E-state index in [0.29, 0.717) is 12.3 Å². The van der Waals surface area contributed by atoms with Gasteiger partial charge in [-0.25, -0.2) is 0 Å². The fraction of sp³-hybridized carbons (Fsp3) is 0.562. The number of rotatable bonds is 5. The first kappa shape index (κ1) is 16.7. The van der Waals surface area contributed by atoms with Gasteiger partial charge in [-0.3, -0.25) is 4.79 Å². The molecule has 21 heavy (non-hydrogen) atoms. The van der Waals surface area contributed by atoms with Crippen LogP contribution in [0.4, 0.5) is 0 Å². The molecule has 0 saturated carbocycles. The first-order valence-electron chi connectivity index (χ1n) is 7.50. The number of hydrogen-bond acceptors (Lipinski definition) is 3. The fourth-order valence-corrected chi connectivity index (χ4v) is 3.38. The minimum atomic E-state index is 0.307. The molecule has 0 bridgehead atoms. The van der Waals surface area contributed by atoms with E-state index < -0.39 is 0 Å². The lowest BCUT2D eigenvalue weighted by molar-refractivity contribution is -0.131. The maximum atomic E-state index is 12.2. The van der Waals surface area contributed by atoms with Crippen molar-refractivity contribution in [1.82, 2.24) is 9.80 Å². The van der Waals surface area contributed by atoms with Crippen LogP contribution in [0.15, 0.2) is 29.2 Å². The van der Waals surface area contributed by atoms with Gasteiger partial charge in [-0.05, 0) is 56.5 Å². The summed E-state index contributed by atoms with van der Waals surface area (Å²) in [4.78, 5) is 17.7. The van der Waals surface area contributed by atoms with Crippen LogP contribution >= 0.6 is 23.4 Å². The third-order valence-electron chi connectivity index (χ3n) is 3.69. The Kier molecular flexibility index (Phi) is 6.87. The summed E-state index contributed by atoms with van der Waals surface area (Å²) in [7, 11) is 2.12. The highest BCUT2D eigenvalue weighted by Gasteiger charge is 2.16. The Bertz CT molecular complexity index is 452. The van der Waals surface area contributed by atoms with Gasteiger partial charge in [0.1, 0.15) is 0 Å². The number of amides is 1. The molecule has 0 radical (unpaired) electrons. The molecule has 0 atom stereocenters. The van der Waals surface area contributed by atoms with Crippen LogP contribution in [0.3, 0.4) is 0 Å². The van der Waals surface area contributed by atoms with Gasteiger partial charge in [-0.1, -0.05) is 11.6 Å². The Labute approximate surface area is 136 Å². The van der Waals surface area contributed by atoms with E-state index in [1.807, 2.05) is 29.2 Å². The van der Waals surface area contributed by atoms with Gasteiger partial charge in [0.15, 0.2) is 0 Å². The normalized spacial score (nSPS) is 16.8. The Morgan fingerprint density at radius 1 is 1.19 bits per heavy atom. The average molecular weight is 327 g/mol. The second-order valence-corrected chi connectivity index (χ2v) is 7.05. The van der Waals surface area contributed by atoms with E-state index in [1.165, 1.54) is 4.90 Å². The molecule has 116 valence electrons. The number of hydrogen-bond donors (Lipinski definition) is 0. The third-order valence-corrected chi connectivity index (χ3v) is 5.04. The van der Waals surface area contributed by atoms with Crippen LogP contribution < -0.4 is 0 Å². The van der Waals surface area contributed by atoms with Crippen molar-refractivity contribution in [2.45, 2.75) is 24.2 Å². The minimum absolute atomic E-state index is 0.307. The summed E-state index contributed by atoms with van der Waals surface area (Å²) in [6.07, 6.45) is 2.67. The summed E-state index contributed by atoms with van der Waals surface area (Å²) in [6.45, 7) is 3.87. The smallest absolute Gasteiger partial charge is 0.222 e. The molecule has 0 unspecified atom stereocenters. The van der Waals surface area contributed by atoms with E-state index in [4.69, 9.17) is 11.6 Å². The standard InChI is InChI=1S/C16H23ClN2OS/c1-18-9-3-10-19(12-11-18)16(20)4-2-13-21-15-7-5-14(17)6-8-15/h5-8H,2-4,9-13H2,1H3. The summed E-state index contributed by atoms with van der Waals surface area (Å²) in [5, 5.41) is 0.764. The molecular formula is C16H23ClN2OS. The summed E-state index contributed by atoms with van der Waals surface area (Å²) >= 11 is 7.65. The van der Waals surface area contributed by atoms with Crippen LogP contribution in [-0.4, -0.2) is 54.7 Å². The highest BCUT2D eigenvalue weighted by molar-refractivity contribution is 7.99. The topological polar surface area (TPSA) is 23.6 Å². The molecule has 1 aliphatic rings. The quantitative estimate of drug-likeness (QED) is 0.612. The second kappa shape index (κ2) is 8.66. The van der Waals surface area contributed by atoms with Gasteiger partial charge in [0.05, 0.1) is 0 Å². The molecule has 1 amide bonds. The highest BCUT2D eigenvalue weighted by Crippen LogP contribution is 2.21. The van der Waals surface area contributed by atoms with Crippen molar-refractivity contribution in [3.8, 4) is 0 Å². The Balaban J connectivity index is 1.65. The van der Waals surface area contributed by atoms with Gasteiger partial charge in [-0.15, -0.1) is 11.8 Å². The average Bonchev–Trinajstić information content (AvgIpc) is 2.70. The summed E-state index contributed by atoms with van der Waals surface area (Å²) in [5.74, 6) is 1.28. The van der Waals surface area contributed by atoms with Crippen molar-refractivity contribution in [3.05, 3.63) is 29.3 Å². The highest BCUT2D eigenvalue weighted by atomic mass is 35.5. The molecule has 1 saturated heterocycles. The number of likely N-dealkylation sites (N-methyl/N-ethyl adjacent to an activating group) is 1. The minimum Gasteiger partial charge on any atom is -0.341 e. The van der Waals surface area contributed by atoms with Crippen molar-refractivity contribution in [2.24, 2.45) is 0 Å². The Hall–Kier alpha value is -0.710. The monoisotopic (exact) mass is 326 g/mol. The zero-order chi connectivity index (χ0) is 15.1. The van der Waals surface area contributed by atoms with Crippen molar-refractivity contribution >= 4 is 29.3 Å². The SMILES string of the molecule is CN1CCCN(C(=O)CCCSc2ccc(Cl)cc2)CC1. The lowest BCUT2D eigenvalue weighted by Crippen LogP contribution is -2.34. The first-order valence-corrected chi connectivity index (χ1v) is 8.86. The van der Waals surface area contributed by atoms with Gasteiger partial charge in [-0.2, -0.15) is 0 Å². The van der Waals surface area contributed by atoms with E-state index in [2.05, 4.69) is 11.9 Å². The molecule has 0 N–H and O–H groups in total. The summed E-state index contributed by atoms with van der Waals surface area (Å²) in [6, 6.07) is 7.87. The molecule has 1 heterocycles. The van der Waals surface area contributed by atoms with Crippen molar-refractivity contribution in [3.63, 3.8) is 0 Å². The van der Waals surface area contributed by atoms with Gasteiger partial charge < -0.3 is 9.80 Å². The zero-order valence-electron chi connectivity index (χ0n) is 12.6. The van der Waals surface area contributed by atoms with Crippen LogP contribution in [0.5, 0.6) is 0 Å². The molecule has 1 aromatic rings. The largest absolute Gasteiger partial charge is 0.341 e. The third kappa shape index (κ3) is 5.89. The lowest BCUT2D eigenvalue weighted by Gasteiger charge is -2.20. The van der Waals surface area contributed by atoms with E-state index >= 15 is 0 Å². The number of carbonyl (C=O) groups excluding carboxylic acids is 1. The van der Waals surface area contributed by atoms with Crippen molar-refractivity contribution in [1.29, 1.82) is 0 Å². The molecular weight excluding hydrogens is 304 g/mol. The molecule has 1 aliphatic heterocycles. The second-order valence-electron chi connectivity index (χ2n) is 5.44. The summed E-state index contributed by atoms with van der Waals surface area (Å²) in [5.41, 5.74) is 0. The van der Waals surface area contributed by atoms with Gasteiger partial charge >= 0.3 is 0 Å². The lowest BCUT2D eigenvalue weighted by atomic mass is 10.3. The number of nitrogens with zero attached hydrogens (tertiary/aromatic N) is 2. The molecule has 2 rings (SSSR count).